The van der Waals surface area contributed by atoms with Gasteiger partial charge in [-0.15, -0.1) is 5.10 Å². The molecule has 1 unspecified atom stereocenters. The zero-order valence-electron chi connectivity index (χ0n) is 28.4. The van der Waals surface area contributed by atoms with E-state index in [4.69, 9.17) is 9.47 Å². The lowest BCUT2D eigenvalue weighted by Crippen LogP contribution is -2.66. The largest absolute Gasteiger partial charge is 0.465 e. The molecule has 2 fully saturated rings. The zero-order valence-corrected chi connectivity index (χ0v) is 28.4. The molecule has 2 aliphatic heterocycles. The predicted molar refractivity (Wildman–Crippen MR) is 174 cm³/mol. The van der Waals surface area contributed by atoms with Crippen LogP contribution >= 0.6 is 0 Å². The Kier molecular flexibility index (Phi) is 12.2. The molecule has 2 aliphatic rings. The molecule has 3 heterocycles. The number of carboxylic acid groups (broad SMARTS) is 1. The van der Waals surface area contributed by atoms with E-state index in [0.29, 0.717) is 58.0 Å². The van der Waals surface area contributed by atoms with Gasteiger partial charge in [-0.1, -0.05) is 51.5 Å². The van der Waals surface area contributed by atoms with E-state index in [1.807, 2.05) is 52.0 Å². The van der Waals surface area contributed by atoms with Crippen molar-refractivity contribution in [2.75, 3.05) is 53.1 Å². The summed E-state index contributed by atoms with van der Waals surface area (Å²) in [6.07, 6.45) is 3.01. The quantitative estimate of drug-likeness (QED) is 0.338. The zero-order chi connectivity index (χ0) is 33.4. The van der Waals surface area contributed by atoms with Gasteiger partial charge in [0.15, 0.2) is 5.69 Å². The third-order valence-corrected chi connectivity index (χ3v) is 9.09. The van der Waals surface area contributed by atoms with Crippen LogP contribution in [0.5, 0.6) is 0 Å². The fraction of sp³-hybridized carbons (Fsp3) is 0.676. The van der Waals surface area contributed by atoms with Crippen molar-refractivity contribution in [2.45, 2.75) is 85.2 Å². The minimum Gasteiger partial charge on any atom is -0.465 e. The van der Waals surface area contributed by atoms with Crippen LogP contribution in [0.1, 0.15) is 81.5 Å². The molecule has 2 saturated heterocycles. The number of amides is 3. The van der Waals surface area contributed by atoms with Gasteiger partial charge in [0.25, 0.3) is 5.91 Å². The molecule has 0 radical (unpaired) electrons. The Hall–Kier alpha value is -3.51. The SMILES string of the molecule is CCCCN(C(=O)c1nnn(-c2cccc(C)c2)c1CCCCOC)[C@H]1C[C@@H](C(=O)N2CCOCC2)CN(C(=O)O)C1C(C)(C)C. The van der Waals surface area contributed by atoms with Gasteiger partial charge < -0.3 is 29.3 Å². The highest BCUT2D eigenvalue weighted by Crippen LogP contribution is 2.38. The molecule has 0 spiro atoms. The predicted octanol–water partition coefficient (Wildman–Crippen LogP) is 4.43. The van der Waals surface area contributed by atoms with E-state index in [-0.39, 0.29) is 24.1 Å². The van der Waals surface area contributed by atoms with Crippen molar-refractivity contribution in [3.63, 3.8) is 0 Å². The Balaban J connectivity index is 1.78. The standard InChI is InChI=1S/C34H52N6O6/c1-7-8-15-38(32(42)29-27(14-9-10-18-45-6)40(36-35-29)26-13-11-12-24(2)21-26)28-22-25(31(41)37-16-19-46-20-17-37)23-39(33(43)44)30(28)34(3,4)5/h11-13,21,25,28,30H,7-10,14-20,22-23H2,1-6H3,(H,43,44)/t25-,28+,30?/m1/s1. The molecule has 0 aliphatic carbocycles. The molecule has 254 valence electrons. The molecule has 3 amide bonds. The number of carbonyl (C=O) groups excluding carboxylic acids is 2. The van der Waals surface area contributed by atoms with Crippen LogP contribution in [0.4, 0.5) is 4.79 Å². The van der Waals surface area contributed by atoms with Crippen molar-refractivity contribution in [1.82, 2.24) is 29.7 Å². The minimum absolute atomic E-state index is 0.0842. The summed E-state index contributed by atoms with van der Waals surface area (Å²) in [7, 11) is 1.67. The van der Waals surface area contributed by atoms with Crippen molar-refractivity contribution in [3.8, 4) is 5.69 Å². The molecule has 1 aromatic heterocycles. The Morgan fingerprint density at radius 1 is 1.13 bits per heavy atom. The van der Waals surface area contributed by atoms with Crippen LogP contribution < -0.4 is 0 Å². The highest BCUT2D eigenvalue weighted by molar-refractivity contribution is 5.94. The van der Waals surface area contributed by atoms with Gasteiger partial charge in [-0.3, -0.25) is 9.59 Å². The lowest BCUT2D eigenvalue weighted by Gasteiger charge is -2.52. The van der Waals surface area contributed by atoms with Crippen molar-refractivity contribution < 1.29 is 29.0 Å². The highest BCUT2D eigenvalue weighted by atomic mass is 16.5. The molecule has 0 saturated carbocycles. The number of rotatable bonds is 12. The normalized spacial score (nSPS) is 20.5. The van der Waals surface area contributed by atoms with E-state index in [1.54, 1.807) is 21.6 Å². The summed E-state index contributed by atoms with van der Waals surface area (Å²) in [6, 6.07) is 6.86. The number of morpholine rings is 1. The van der Waals surface area contributed by atoms with Gasteiger partial charge in [-0.25, -0.2) is 9.48 Å². The Labute approximate surface area is 273 Å². The maximum atomic E-state index is 14.8. The second kappa shape index (κ2) is 15.9. The number of likely N-dealkylation sites (tertiary alicyclic amines) is 1. The number of nitrogens with zero attached hydrogens (tertiary/aromatic N) is 6. The Morgan fingerprint density at radius 3 is 2.50 bits per heavy atom. The van der Waals surface area contributed by atoms with E-state index in [9.17, 15) is 19.5 Å². The minimum atomic E-state index is -1.09. The summed E-state index contributed by atoms with van der Waals surface area (Å²) in [6.45, 7) is 13.1. The third-order valence-electron chi connectivity index (χ3n) is 9.09. The first kappa shape index (κ1) is 35.3. The van der Waals surface area contributed by atoms with Crippen LogP contribution in [0.25, 0.3) is 5.69 Å². The van der Waals surface area contributed by atoms with Crippen molar-refractivity contribution in [1.29, 1.82) is 0 Å². The summed E-state index contributed by atoms with van der Waals surface area (Å²) in [5.74, 6) is -0.941. The summed E-state index contributed by atoms with van der Waals surface area (Å²) < 4.78 is 12.5. The summed E-state index contributed by atoms with van der Waals surface area (Å²) in [5, 5.41) is 19.5. The molecular formula is C34H52N6O6. The second-order valence-corrected chi connectivity index (χ2v) is 13.6. The van der Waals surface area contributed by atoms with Gasteiger partial charge in [0.2, 0.25) is 5.91 Å². The number of aromatic nitrogens is 3. The molecule has 0 bridgehead atoms. The number of carbonyl (C=O) groups is 3. The Bertz CT molecular complexity index is 1330. The number of hydrogen-bond acceptors (Lipinski definition) is 7. The molecule has 46 heavy (non-hydrogen) atoms. The maximum absolute atomic E-state index is 14.8. The number of aryl methyl sites for hydroxylation is 1. The van der Waals surface area contributed by atoms with Crippen LogP contribution in [0.2, 0.25) is 0 Å². The molecule has 2 aromatic rings. The first-order chi connectivity index (χ1) is 22.0. The number of unbranched alkanes of at least 4 members (excludes halogenated alkanes) is 2. The van der Waals surface area contributed by atoms with Crippen molar-refractivity contribution >= 4 is 17.9 Å². The van der Waals surface area contributed by atoms with Gasteiger partial charge in [-0.2, -0.15) is 0 Å². The van der Waals surface area contributed by atoms with E-state index in [1.165, 1.54) is 4.90 Å². The number of piperidine rings is 1. The molecule has 1 aromatic carbocycles. The summed E-state index contributed by atoms with van der Waals surface area (Å²) in [4.78, 5) is 46.4. The van der Waals surface area contributed by atoms with Gasteiger partial charge in [0.05, 0.1) is 42.6 Å². The monoisotopic (exact) mass is 640 g/mol. The summed E-state index contributed by atoms with van der Waals surface area (Å²) >= 11 is 0. The second-order valence-electron chi connectivity index (χ2n) is 13.6. The fourth-order valence-electron chi connectivity index (χ4n) is 6.89. The highest BCUT2D eigenvalue weighted by Gasteiger charge is 2.50. The van der Waals surface area contributed by atoms with Crippen molar-refractivity contribution in [3.05, 3.63) is 41.2 Å². The average molecular weight is 641 g/mol. The van der Waals surface area contributed by atoms with E-state index in [2.05, 4.69) is 17.2 Å². The molecular weight excluding hydrogens is 588 g/mol. The van der Waals surface area contributed by atoms with Crippen LogP contribution in [0, 0.1) is 18.3 Å². The Morgan fingerprint density at radius 2 is 1.87 bits per heavy atom. The van der Waals surface area contributed by atoms with Crippen LogP contribution in [-0.2, 0) is 20.7 Å². The molecule has 12 heteroatoms. The first-order valence-electron chi connectivity index (χ1n) is 16.7. The van der Waals surface area contributed by atoms with Gasteiger partial charge >= 0.3 is 6.09 Å². The van der Waals surface area contributed by atoms with Crippen LogP contribution in [0.3, 0.4) is 0 Å². The van der Waals surface area contributed by atoms with E-state index >= 15 is 0 Å². The lowest BCUT2D eigenvalue weighted by atomic mass is 9.74. The molecule has 1 N–H and O–H groups in total. The van der Waals surface area contributed by atoms with Crippen LogP contribution in [-0.4, -0.2) is 118 Å². The van der Waals surface area contributed by atoms with Gasteiger partial charge in [0, 0.05) is 39.9 Å². The van der Waals surface area contributed by atoms with Gasteiger partial charge in [-0.05, 0) is 62.1 Å². The molecule has 3 atom stereocenters. The smallest absolute Gasteiger partial charge is 0.407 e. The average Bonchev–Trinajstić information content (AvgIpc) is 3.46. The lowest BCUT2D eigenvalue weighted by molar-refractivity contribution is -0.144. The van der Waals surface area contributed by atoms with Gasteiger partial charge in [0.1, 0.15) is 0 Å². The number of benzene rings is 1. The number of hydrogen-bond donors (Lipinski definition) is 1. The van der Waals surface area contributed by atoms with Crippen molar-refractivity contribution in [2.24, 2.45) is 11.3 Å². The van der Waals surface area contributed by atoms with E-state index < -0.39 is 29.5 Å². The fourth-order valence-corrected chi connectivity index (χ4v) is 6.89. The topological polar surface area (TPSA) is 130 Å². The third kappa shape index (κ3) is 8.25. The number of methoxy groups -OCH3 is 1. The molecule has 4 rings (SSSR count). The number of ether oxygens (including phenoxy) is 2. The summed E-state index contributed by atoms with van der Waals surface area (Å²) in [5.41, 5.74) is 2.37. The molecule has 12 nitrogen and oxygen atoms in total. The van der Waals surface area contributed by atoms with Crippen LogP contribution in [0.15, 0.2) is 24.3 Å². The first-order valence-corrected chi connectivity index (χ1v) is 16.7. The van der Waals surface area contributed by atoms with E-state index in [0.717, 1.165) is 36.9 Å². The maximum Gasteiger partial charge on any atom is 0.407 e.